The molecule has 1 saturated heterocycles. The molecule has 2 aromatic rings. The number of aryl methyl sites for hydroxylation is 1. The van der Waals surface area contributed by atoms with Crippen LogP contribution in [0.4, 0.5) is 11.4 Å². The Bertz CT molecular complexity index is 891. The number of anilines is 2. The second-order valence-corrected chi connectivity index (χ2v) is 8.27. The molecule has 1 atom stereocenters. The fraction of sp³-hybridized carbons (Fsp3) is 0.391. The average Bonchev–Trinajstić information content (AvgIpc) is 3.20. The number of rotatable bonds is 6. The van der Waals surface area contributed by atoms with Crippen molar-refractivity contribution >= 4 is 34.8 Å². The van der Waals surface area contributed by atoms with Crippen molar-refractivity contribution < 1.29 is 9.59 Å². The van der Waals surface area contributed by atoms with Crippen molar-refractivity contribution in [2.24, 2.45) is 5.92 Å². The van der Waals surface area contributed by atoms with Gasteiger partial charge in [-0.2, -0.15) is 0 Å². The summed E-state index contributed by atoms with van der Waals surface area (Å²) in [5.41, 5.74) is 3.44. The van der Waals surface area contributed by atoms with Crippen LogP contribution in [0.3, 0.4) is 0 Å². The molecule has 2 amide bonds. The van der Waals surface area contributed by atoms with Crippen molar-refractivity contribution in [1.82, 2.24) is 5.32 Å². The minimum Gasteiger partial charge on any atom is -0.371 e. The molecule has 3 rings (SSSR count). The molecule has 0 saturated carbocycles. The lowest BCUT2D eigenvalue weighted by atomic mass is 10.0. The smallest absolute Gasteiger partial charge is 0.253 e. The van der Waals surface area contributed by atoms with Gasteiger partial charge in [-0.3, -0.25) is 9.59 Å². The van der Waals surface area contributed by atoms with E-state index in [-0.39, 0.29) is 17.7 Å². The van der Waals surface area contributed by atoms with E-state index in [0.29, 0.717) is 10.6 Å². The predicted octanol–water partition coefficient (Wildman–Crippen LogP) is 4.64. The molecule has 1 unspecified atom stereocenters. The molecule has 0 spiro atoms. The Morgan fingerprint density at radius 2 is 1.76 bits per heavy atom. The molecule has 0 radical (unpaired) electrons. The maximum atomic E-state index is 12.9. The van der Waals surface area contributed by atoms with E-state index in [4.69, 9.17) is 11.6 Å². The van der Waals surface area contributed by atoms with E-state index in [1.54, 1.807) is 24.3 Å². The first-order chi connectivity index (χ1) is 13.9. The number of carbonyl (C=O) groups excluding carboxylic acids is 2. The number of halogens is 1. The van der Waals surface area contributed by atoms with Crippen molar-refractivity contribution in [3.8, 4) is 0 Å². The Labute approximate surface area is 177 Å². The molecule has 29 heavy (non-hydrogen) atoms. The van der Waals surface area contributed by atoms with Gasteiger partial charge in [0, 0.05) is 24.5 Å². The number of carbonyl (C=O) groups is 2. The molecule has 1 heterocycles. The molecule has 154 valence electrons. The van der Waals surface area contributed by atoms with Crippen molar-refractivity contribution in [2.75, 3.05) is 23.3 Å². The number of benzene rings is 2. The second-order valence-electron chi connectivity index (χ2n) is 7.86. The fourth-order valence-corrected chi connectivity index (χ4v) is 3.89. The summed E-state index contributed by atoms with van der Waals surface area (Å²) in [5.74, 6) is -0.676. The Hall–Kier alpha value is -2.53. The second kappa shape index (κ2) is 9.31. The molecule has 0 aliphatic carbocycles. The van der Waals surface area contributed by atoms with Gasteiger partial charge in [0.05, 0.1) is 10.6 Å². The summed E-state index contributed by atoms with van der Waals surface area (Å²) >= 11 is 6.11. The first-order valence-electron chi connectivity index (χ1n) is 10.1. The lowest BCUT2D eigenvalue weighted by Crippen LogP contribution is -2.47. The Morgan fingerprint density at radius 1 is 1.07 bits per heavy atom. The molecular formula is C23H28ClN3O2. The third-order valence-electron chi connectivity index (χ3n) is 5.27. The van der Waals surface area contributed by atoms with Crippen LogP contribution in [0.5, 0.6) is 0 Å². The van der Waals surface area contributed by atoms with Crippen LogP contribution in [0, 0.1) is 12.8 Å². The van der Waals surface area contributed by atoms with Crippen LogP contribution in [0.1, 0.15) is 42.6 Å². The summed E-state index contributed by atoms with van der Waals surface area (Å²) in [6.45, 7) is 8.02. The predicted molar refractivity (Wildman–Crippen MR) is 119 cm³/mol. The number of nitrogens with one attached hydrogen (secondary N) is 2. The van der Waals surface area contributed by atoms with Gasteiger partial charge in [-0.05, 0) is 61.6 Å². The Kier molecular flexibility index (Phi) is 6.80. The largest absolute Gasteiger partial charge is 0.371 e. The quantitative estimate of drug-likeness (QED) is 0.725. The van der Waals surface area contributed by atoms with Crippen LogP contribution in [-0.2, 0) is 4.79 Å². The summed E-state index contributed by atoms with van der Waals surface area (Å²) in [6.07, 6.45) is 2.44. The van der Waals surface area contributed by atoms with Crippen LogP contribution in [0.2, 0.25) is 5.02 Å². The molecule has 2 aromatic carbocycles. The third-order valence-corrected chi connectivity index (χ3v) is 5.59. The molecule has 1 aliphatic rings. The molecule has 1 fully saturated rings. The standard InChI is InChI=1S/C23H28ClN3O2/c1-15(2)21(26-22(28)18-8-4-5-9-19(18)24)23(29)25-17-10-11-20(16(3)14-17)27-12-6-7-13-27/h4-5,8-11,14-15,21H,6-7,12-13H2,1-3H3,(H,25,29)(H,26,28). The summed E-state index contributed by atoms with van der Waals surface area (Å²) in [4.78, 5) is 27.9. The first kappa shape index (κ1) is 21.2. The van der Waals surface area contributed by atoms with Crippen LogP contribution in [-0.4, -0.2) is 30.9 Å². The van der Waals surface area contributed by atoms with Gasteiger partial charge in [0.2, 0.25) is 5.91 Å². The van der Waals surface area contributed by atoms with Gasteiger partial charge < -0.3 is 15.5 Å². The zero-order valence-electron chi connectivity index (χ0n) is 17.2. The van der Waals surface area contributed by atoms with Gasteiger partial charge >= 0.3 is 0 Å². The van der Waals surface area contributed by atoms with E-state index >= 15 is 0 Å². The number of nitrogens with zero attached hydrogens (tertiary/aromatic N) is 1. The molecule has 6 heteroatoms. The maximum absolute atomic E-state index is 12.9. The average molecular weight is 414 g/mol. The first-order valence-corrected chi connectivity index (χ1v) is 10.5. The maximum Gasteiger partial charge on any atom is 0.253 e. The summed E-state index contributed by atoms with van der Waals surface area (Å²) in [7, 11) is 0. The van der Waals surface area contributed by atoms with Crippen molar-refractivity contribution in [3.63, 3.8) is 0 Å². The molecule has 1 aliphatic heterocycles. The van der Waals surface area contributed by atoms with Gasteiger partial charge in [0.15, 0.2) is 0 Å². The van der Waals surface area contributed by atoms with Crippen LogP contribution in [0.15, 0.2) is 42.5 Å². The highest BCUT2D eigenvalue weighted by molar-refractivity contribution is 6.33. The molecular weight excluding hydrogens is 386 g/mol. The Balaban J connectivity index is 1.70. The summed E-state index contributed by atoms with van der Waals surface area (Å²) in [6, 6.07) is 12.1. The SMILES string of the molecule is Cc1cc(NC(=O)C(NC(=O)c2ccccc2Cl)C(C)C)ccc1N1CCCC1. The molecule has 0 bridgehead atoms. The highest BCUT2D eigenvalue weighted by Crippen LogP contribution is 2.27. The van der Waals surface area contributed by atoms with Crippen molar-refractivity contribution in [1.29, 1.82) is 0 Å². The van der Waals surface area contributed by atoms with Gasteiger partial charge in [-0.15, -0.1) is 0 Å². The van der Waals surface area contributed by atoms with Gasteiger partial charge in [-0.25, -0.2) is 0 Å². The molecule has 0 aromatic heterocycles. The fourth-order valence-electron chi connectivity index (χ4n) is 3.67. The topological polar surface area (TPSA) is 61.4 Å². The zero-order valence-corrected chi connectivity index (χ0v) is 17.9. The lowest BCUT2D eigenvalue weighted by Gasteiger charge is -2.23. The third kappa shape index (κ3) is 5.10. The van der Waals surface area contributed by atoms with E-state index in [1.807, 2.05) is 26.0 Å². The van der Waals surface area contributed by atoms with Gasteiger partial charge in [0.1, 0.15) is 6.04 Å². The lowest BCUT2D eigenvalue weighted by molar-refractivity contribution is -0.118. The number of hydrogen-bond acceptors (Lipinski definition) is 3. The van der Waals surface area contributed by atoms with Crippen LogP contribution >= 0.6 is 11.6 Å². The van der Waals surface area contributed by atoms with E-state index in [0.717, 1.165) is 24.3 Å². The van der Waals surface area contributed by atoms with Crippen molar-refractivity contribution in [3.05, 3.63) is 58.6 Å². The number of amides is 2. The minimum absolute atomic E-state index is 0.0774. The highest BCUT2D eigenvalue weighted by atomic mass is 35.5. The van der Waals surface area contributed by atoms with E-state index in [2.05, 4.69) is 28.5 Å². The highest BCUT2D eigenvalue weighted by Gasteiger charge is 2.26. The van der Waals surface area contributed by atoms with Crippen molar-refractivity contribution in [2.45, 2.75) is 39.7 Å². The summed E-state index contributed by atoms with van der Waals surface area (Å²) in [5, 5.41) is 6.13. The number of hydrogen-bond donors (Lipinski definition) is 2. The van der Waals surface area contributed by atoms with Crippen LogP contribution in [0.25, 0.3) is 0 Å². The monoisotopic (exact) mass is 413 g/mol. The van der Waals surface area contributed by atoms with E-state index < -0.39 is 6.04 Å². The van der Waals surface area contributed by atoms with Crippen LogP contribution < -0.4 is 15.5 Å². The van der Waals surface area contributed by atoms with E-state index in [9.17, 15) is 9.59 Å². The van der Waals surface area contributed by atoms with Gasteiger partial charge in [0.25, 0.3) is 5.91 Å². The normalized spacial score (nSPS) is 14.7. The zero-order chi connectivity index (χ0) is 21.0. The Morgan fingerprint density at radius 3 is 2.38 bits per heavy atom. The molecule has 5 nitrogen and oxygen atoms in total. The molecule has 2 N–H and O–H groups in total. The van der Waals surface area contributed by atoms with E-state index in [1.165, 1.54) is 18.5 Å². The summed E-state index contributed by atoms with van der Waals surface area (Å²) < 4.78 is 0. The minimum atomic E-state index is -0.669. The van der Waals surface area contributed by atoms with Gasteiger partial charge in [-0.1, -0.05) is 37.6 Å².